The number of rotatable bonds is 11. The van der Waals surface area contributed by atoms with Gasteiger partial charge >= 0.3 is 12.1 Å². The molecule has 0 atom stereocenters. The lowest BCUT2D eigenvalue weighted by Crippen LogP contribution is -2.50. The summed E-state index contributed by atoms with van der Waals surface area (Å²) >= 11 is 1.38. The number of fused-ring (bicyclic) bond motifs is 1. The van der Waals surface area contributed by atoms with Crippen LogP contribution >= 0.6 is 11.8 Å². The van der Waals surface area contributed by atoms with Crippen LogP contribution in [-0.4, -0.2) is 50.0 Å². The highest BCUT2D eigenvalue weighted by molar-refractivity contribution is 7.98. The van der Waals surface area contributed by atoms with Crippen molar-refractivity contribution >= 4 is 23.7 Å². The molecule has 0 bridgehead atoms. The van der Waals surface area contributed by atoms with E-state index in [1.807, 2.05) is 33.4 Å². The van der Waals surface area contributed by atoms with E-state index in [-0.39, 0.29) is 17.9 Å². The summed E-state index contributed by atoms with van der Waals surface area (Å²) in [6.07, 6.45) is -2.28. The third kappa shape index (κ3) is 7.55. The van der Waals surface area contributed by atoms with Crippen LogP contribution in [0, 0.1) is 5.82 Å². The van der Waals surface area contributed by atoms with Crippen LogP contribution in [0.5, 0.6) is 0 Å². The monoisotopic (exact) mass is 720 g/mol. The number of hydrogen-bond donors (Lipinski definition) is 0. The predicted octanol–water partition coefficient (Wildman–Crippen LogP) is 6.93. The van der Waals surface area contributed by atoms with E-state index in [4.69, 9.17) is 4.74 Å². The topological polar surface area (TPSA) is 95.1 Å². The van der Waals surface area contributed by atoms with Gasteiger partial charge in [0.2, 0.25) is 5.95 Å². The highest BCUT2D eigenvalue weighted by Crippen LogP contribution is 2.32. The molecule has 1 aliphatic rings. The molecule has 3 aromatic carbocycles. The number of methoxy groups -OCH3 is 1. The van der Waals surface area contributed by atoms with Crippen molar-refractivity contribution in [1.82, 2.24) is 24.3 Å². The molecule has 5 aromatic rings. The largest absolute Gasteiger partial charge is 0.467 e. The molecule has 2 heterocycles. The van der Waals surface area contributed by atoms with Crippen LogP contribution in [0.3, 0.4) is 0 Å². The number of carbonyl (C=O) groups excluding carboxylic acids is 1. The van der Waals surface area contributed by atoms with Gasteiger partial charge < -0.3 is 14.2 Å². The van der Waals surface area contributed by atoms with Crippen molar-refractivity contribution in [2.24, 2.45) is 0 Å². The number of carbonyl (C=O) groups is 1. The van der Waals surface area contributed by atoms with Gasteiger partial charge in [-0.15, -0.1) is 10.2 Å². The lowest BCUT2D eigenvalue weighted by Gasteiger charge is -2.33. The molecule has 14 heteroatoms. The Morgan fingerprint density at radius 1 is 0.882 bits per heavy atom. The fourth-order valence-electron chi connectivity index (χ4n) is 6.06. The van der Waals surface area contributed by atoms with Crippen LogP contribution in [-0.2, 0) is 47.4 Å². The highest BCUT2D eigenvalue weighted by atomic mass is 32.2. The van der Waals surface area contributed by atoms with E-state index >= 15 is 0 Å². The van der Waals surface area contributed by atoms with E-state index < -0.39 is 23.2 Å². The summed E-state index contributed by atoms with van der Waals surface area (Å²) in [5, 5.41) is 9.62. The summed E-state index contributed by atoms with van der Waals surface area (Å²) in [6.45, 7) is 3.96. The number of benzene rings is 3. The van der Waals surface area contributed by atoms with E-state index in [9.17, 15) is 27.2 Å². The van der Waals surface area contributed by atoms with E-state index in [2.05, 4.69) is 15.2 Å². The molecule has 266 valence electrons. The fraction of sp³-hybridized carbons (Fsp3) is 0.324. The summed E-state index contributed by atoms with van der Waals surface area (Å²) in [6, 6.07) is 18.6. The maximum atomic E-state index is 13.6. The summed E-state index contributed by atoms with van der Waals surface area (Å²) in [4.78, 5) is 32.1. The van der Waals surface area contributed by atoms with Crippen molar-refractivity contribution in [1.29, 1.82) is 0 Å². The molecule has 0 radical (unpaired) electrons. The number of alkyl halides is 3. The number of nitrogens with zero attached hydrogens (tertiary/aromatic N) is 6. The Labute approximate surface area is 296 Å². The second-order valence-corrected chi connectivity index (χ2v) is 13.8. The summed E-state index contributed by atoms with van der Waals surface area (Å²) in [7, 11) is 3.05. The van der Waals surface area contributed by atoms with Gasteiger partial charge in [-0.3, -0.25) is 9.36 Å². The van der Waals surface area contributed by atoms with Gasteiger partial charge in [0.15, 0.2) is 11.0 Å². The zero-order valence-electron chi connectivity index (χ0n) is 28.5. The first-order valence-electron chi connectivity index (χ1n) is 16.3. The zero-order chi connectivity index (χ0) is 36.5. The molecule has 2 aromatic heterocycles. The lowest BCUT2D eigenvalue weighted by atomic mass is 10.0. The average molecular weight is 721 g/mol. The second-order valence-electron chi connectivity index (χ2n) is 12.9. The van der Waals surface area contributed by atoms with Crippen molar-refractivity contribution in [3.63, 3.8) is 0 Å². The van der Waals surface area contributed by atoms with Crippen molar-refractivity contribution in [2.75, 3.05) is 19.1 Å². The Balaban J connectivity index is 1.36. The Hall–Kier alpha value is -4.98. The molecule has 0 saturated carbocycles. The number of anilines is 1. The second kappa shape index (κ2) is 14.3. The van der Waals surface area contributed by atoms with Crippen molar-refractivity contribution in [2.45, 2.75) is 68.8 Å². The maximum Gasteiger partial charge on any atom is 0.416 e. The number of hydrogen-bond acceptors (Lipinski definition) is 8. The number of aromatic nitrogens is 5. The first-order valence-corrected chi connectivity index (χ1v) is 17.3. The molecule has 0 spiro atoms. The smallest absolute Gasteiger partial charge is 0.416 e. The Morgan fingerprint density at radius 3 is 2.14 bits per heavy atom. The van der Waals surface area contributed by atoms with Crippen molar-refractivity contribution < 1.29 is 27.1 Å². The van der Waals surface area contributed by atoms with Gasteiger partial charge in [-0.25, -0.2) is 9.18 Å². The standard InChI is InChI=1S/C37H36F4N6O3S/c1-36(2,33(49)50-4)45(3)34-44-43-31(47(34)20-23-8-12-25(13-9-23)26-14-16-27(17-15-26)37(39,40)41)21-46-30-7-5-6-29(30)32(48)42-35(46)51-22-24-10-18-28(38)19-11-24/h8-19H,5-7,20-22H2,1-4H3. The Morgan fingerprint density at radius 2 is 1.51 bits per heavy atom. The first kappa shape index (κ1) is 35.8. The van der Waals surface area contributed by atoms with E-state index in [1.165, 1.54) is 43.1 Å². The molecule has 1 aliphatic carbocycles. The van der Waals surface area contributed by atoms with Gasteiger partial charge in [-0.05, 0) is 79.6 Å². The lowest BCUT2D eigenvalue weighted by molar-refractivity contribution is -0.145. The van der Waals surface area contributed by atoms with Crippen molar-refractivity contribution in [3.8, 4) is 11.1 Å². The zero-order valence-corrected chi connectivity index (χ0v) is 29.3. The summed E-state index contributed by atoms with van der Waals surface area (Å²) in [5.41, 5.74) is 2.60. The molecule has 9 nitrogen and oxygen atoms in total. The molecular formula is C37H36F4N6O3S. The van der Waals surface area contributed by atoms with Crippen LogP contribution in [0.4, 0.5) is 23.5 Å². The van der Waals surface area contributed by atoms with E-state index in [0.717, 1.165) is 40.9 Å². The van der Waals surface area contributed by atoms with Gasteiger partial charge in [0.25, 0.3) is 5.56 Å². The molecule has 0 N–H and O–H groups in total. The molecule has 6 rings (SSSR count). The summed E-state index contributed by atoms with van der Waals surface area (Å²) in [5.74, 6) is 0.612. The minimum absolute atomic E-state index is 0.227. The quantitative estimate of drug-likeness (QED) is 0.0628. The molecule has 0 amide bonds. The predicted molar refractivity (Wildman–Crippen MR) is 186 cm³/mol. The Bertz CT molecular complexity index is 2090. The van der Waals surface area contributed by atoms with Crippen LogP contribution < -0.4 is 10.5 Å². The SMILES string of the molecule is COC(=O)C(C)(C)N(C)c1nnc(Cn2c(SCc3ccc(F)cc3)nc(=O)c3c2CCC3)n1Cc1ccc(-c2ccc(C(F)(F)F)cc2)cc1. The molecule has 0 fully saturated rings. The molecular weight excluding hydrogens is 685 g/mol. The minimum atomic E-state index is -4.42. The number of esters is 1. The third-order valence-corrected chi connectivity index (χ3v) is 10.3. The van der Waals surface area contributed by atoms with Gasteiger partial charge in [0, 0.05) is 24.1 Å². The van der Waals surface area contributed by atoms with Crippen LogP contribution in [0.1, 0.15) is 54.0 Å². The number of likely N-dealkylation sites (N-methyl/N-ethyl adjacent to an activating group) is 1. The third-order valence-electron chi connectivity index (χ3n) is 9.25. The minimum Gasteiger partial charge on any atom is -0.467 e. The van der Waals surface area contributed by atoms with E-state index in [0.29, 0.717) is 53.2 Å². The molecule has 0 aliphatic heterocycles. The van der Waals surface area contributed by atoms with Gasteiger partial charge in [-0.2, -0.15) is 18.2 Å². The van der Waals surface area contributed by atoms with E-state index in [1.54, 1.807) is 37.9 Å². The maximum absolute atomic E-state index is 13.6. The first-order chi connectivity index (χ1) is 24.3. The molecule has 0 saturated heterocycles. The Kier molecular flexibility index (Phi) is 10.1. The van der Waals surface area contributed by atoms with Crippen LogP contribution in [0.2, 0.25) is 0 Å². The normalized spacial score (nSPS) is 12.9. The van der Waals surface area contributed by atoms with Gasteiger partial charge in [0.1, 0.15) is 11.4 Å². The van der Waals surface area contributed by atoms with Gasteiger partial charge in [-0.1, -0.05) is 60.3 Å². The molecule has 0 unspecified atom stereocenters. The number of thioether (sulfide) groups is 1. The average Bonchev–Trinajstić information content (AvgIpc) is 3.77. The van der Waals surface area contributed by atoms with Crippen molar-refractivity contribution in [3.05, 3.63) is 123 Å². The number of halogens is 4. The number of ether oxygens (including phenoxy) is 1. The molecule has 51 heavy (non-hydrogen) atoms. The van der Waals surface area contributed by atoms with Crippen LogP contribution in [0.25, 0.3) is 11.1 Å². The summed E-state index contributed by atoms with van der Waals surface area (Å²) < 4.78 is 61.8. The highest BCUT2D eigenvalue weighted by Gasteiger charge is 2.37. The van der Waals surface area contributed by atoms with Crippen LogP contribution in [0.15, 0.2) is 82.7 Å². The fourth-order valence-corrected chi connectivity index (χ4v) is 7.02. The van der Waals surface area contributed by atoms with Gasteiger partial charge in [0.05, 0.1) is 25.8 Å².